The molecule has 0 aromatic carbocycles. The molecule has 4 aliphatic rings. The van der Waals surface area contributed by atoms with Crippen LogP contribution in [0.2, 0.25) is 0 Å². The SMILES string of the molecule is COC(=O)[C@@H](C)C1CCC2C3CC[C@@H]4CCCC[C@]4(C)C3CC(=O)[C@@]21C. The molecule has 0 radical (unpaired) electrons. The van der Waals surface area contributed by atoms with Crippen LogP contribution in [0.5, 0.6) is 0 Å². The number of rotatable bonds is 2. The van der Waals surface area contributed by atoms with Gasteiger partial charge >= 0.3 is 5.97 Å². The van der Waals surface area contributed by atoms with Gasteiger partial charge < -0.3 is 4.74 Å². The molecule has 8 atom stereocenters. The Morgan fingerprint density at radius 2 is 1.85 bits per heavy atom. The van der Waals surface area contributed by atoms with Crippen molar-refractivity contribution in [1.29, 1.82) is 0 Å². The minimum absolute atomic E-state index is 0.144. The monoisotopic (exact) mass is 360 g/mol. The van der Waals surface area contributed by atoms with Crippen molar-refractivity contribution in [3.63, 3.8) is 0 Å². The highest BCUT2D eigenvalue weighted by atomic mass is 16.5. The average molecular weight is 361 g/mol. The lowest BCUT2D eigenvalue weighted by Gasteiger charge is -2.60. The van der Waals surface area contributed by atoms with Crippen molar-refractivity contribution in [3.8, 4) is 0 Å². The van der Waals surface area contributed by atoms with Gasteiger partial charge in [-0.15, -0.1) is 0 Å². The molecular weight excluding hydrogens is 324 g/mol. The van der Waals surface area contributed by atoms with Crippen molar-refractivity contribution in [2.75, 3.05) is 7.11 Å². The Morgan fingerprint density at radius 3 is 2.58 bits per heavy atom. The van der Waals surface area contributed by atoms with E-state index >= 15 is 0 Å². The molecule has 4 saturated carbocycles. The molecule has 0 bridgehead atoms. The van der Waals surface area contributed by atoms with Crippen LogP contribution in [0.3, 0.4) is 0 Å². The average Bonchev–Trinajstić information content (AvgIpc) is 2.99. The number of esters is 1. The first-order valence-corrected chi connectivity index (χ1v) is 10.9. The second kappa shape index (κ2) is 6.34. The molecule has 4 fully saturated rings. The number of carbonyl (C=O) groups is 2. The maximum Gasteiger partial charge on any atom is 0.308 e. The molecule has 4 aliphatic carbocycles. The summed E-state index contributed by atoms with van der Waals surface area (Å²) in [4.78, 5) is 25.8. The smallest absolute Gasteiger partial charge is 0.308 e. The predicted octanol–water partition coefficient (Wildman–Crippen LogP) is 5.02. The Labute approximate surface area is 158 Å². The van der Waals surface area contributed by atoms with Gasteiger partial charge in [0.15, 0.2) is 0 Å². The second-order valence-corrected chi connectivity index (χ2v) is 10.3. The third kappa shape index (κ3) is 2.37. The zero-order chi connectivity index (χ0) is 18.7. The minimum atomic E-state index is -0.313. The van der Waals surface area contributed by atoms with Gasteiger partial charge in [0.1, 0.15) is 5.78 Å². The van der Waals surface area contributed by atoms with E-state index < -0.39 is 0 Å². The van der Waals surface area contributed by atoms with Crippen LogP contribution in [0.25, 0.3) is 0 Å². The largest absolute Gasteiger partial charge is 0.469 e. The molecule has 0 amide bonds. The summed E-state index contributed by atoms with van der Waals surface area (Å²) >= 11 is 0. The molecule has 4 unspecified atom stereocenters. The third-order valence-corrected chi connectivity index (χ3v) is 9.69. The Morgan fingerprint density at radius 1 is 1.08 bits per heavy atom. The van der Waals surface area contributed by atoms with Crippen LogP contribution in [0, 0.1) is 46.3 Å². The summed E-state index contributed by atoms with van der Waals surface area (Å²) in [6.45, 7) is 6.68. The zero-order valence-electron chi connectivity index (χ0n) is 17.1. The van der Waals surface area contributed by atoms with E-state index in [1.54, 1.807) is 0 Å². The standard InChI is InChI=1S/C23H36O3/c1-14(21(25)26-4)17-10-11-18-16-9-8-15-7-5-6-12-22(15,2)19(16)13-20(24)23(17,18)3/h14-19H,5-13H2,1-4H3/t14-,15-,16?,17?,18?,19?,22-,23+/m0/s1. The molecule has 0 aromatic heterocycles. The molecule has 0 aromatic rings. The van der Waals surface area contributed by atoms with E-state index in [4.69, 9.17) is 4.74 Å². The lowest BCUT2D eigenvalue weighted by atomic mass is 9.44. The van der Waals surface area contributed by atoms with E-state index in [9.17, 15) is 9.59 Å². The summed E-state index contributed by atoms with van der Waals surface area (Å²) in [5.74, 6) is 2.88. The van der Waals surface area contributed by atoms with Gasteiger partial charge in [-0.3, -0.25) is 9.59 Å². The lowest BCUT2D eigenvalue weighted by Crippen LogP contribution is -2.57. The first kappa shape index (κ1) is 18.5. The number of fused-ring (bicyclic) bond motifs is 5. The Kier molecular flexibility index (Phi) is 4.51. The van der Waals surface area contributed by atoms with Crippen molar-refractivity contribution in [2.24, 2.45) is 46.3 Å². The highest BCUT2D eigenvalue weighted by Gasteiger charge is 2.64. The van der Waals surface area contributed by atoms with Gasteiger partial charge in [-0.25, -0.2) is 0 Å². The first-order valence-electron chi connectivity index (χ1n) is 10.9. The van der Waals surface area contributed by atoms with Crippen LogP contribution in [0.4, 0.5) is 0 Å². The number of carbonyl (C=O) groups excluding carboxylic acids is 2. The van der Waals surface area contributed by atoms with Gasteiger partial charge in [0.05, 0.1) is 13.0 Å². The molecule has 26 heavy (non-hydrogen) atoms. The molecule has 3 heteroatoms. The quantitative estimate of drug-likeness (QED) is 0.649. The summed E-state index contributed by atoms with van der Waals surface area (Å²) in [6.07, 6.45) is 11.0. The van der Waals surface area contributed by atoms with E-state index in [2.05, 4.69) is 13.8 Å². The maximum absolute atomic E-state index is 13.5. The number of methoxy groups -OCH3 is 1. The molecule has 0 heterocycles. The van der Waals surface area contributed by atoms with E-state index in [1.807, 2.05) is 6.92 Å². The Bertz CT molecular complexity index is 598. The van der Waals surface area contributed by atoms with Crippen molar-refractivity contribution in [1.82, 2.24) is 0 Å². The number of Topliss-reactive ketones (excluding diaryl/α,β-unsaturated/α-hetero) is 1. The van der Waals surface area contributed by atoms with Crippen molar-refractivity contribution < 1.29 is 14.3 Å². The summed E-state index contributed by atoms with van der Waals surface area (Å²) < 4.78 is 5.03. The molecule has 146 valence electrons. The summed E-state index contributed by atoms with van der Waals surface area (Å²) in [5, 5.41) is 0. The van der Waals surface area contributed by atoms with Gasteiger partial charge in [-0.1, -0.05) is 33.6 Å². The highest BCUT2D eigenvalue weighted by molar-refractivity contribution is 5.88. The van der Waals surface area contributed by atoms with Crippen molar-refractivity contribution in [3.05, 3.63) is 0 Å². The second-order valence-electron chi connectivity index (χ2n) is 10.3. The van der Waals surface area contributed by atoms with Gasteiger partial charge in [0, 0.05) is 11.8 Å². The molecular formula is C23H36O3. The number of ether oxygens (including phenoxy) is 1. The van der Waals surface area contributed by atoms with Crippen LogP contribution in [0.1, 0.15) is 78.6 Å². The zero-order valence-corrected chi connectivity index (χ0v) is 17.1. The van der Waals surface area contributed by atoms with E-state index in [-0.39, 0.29) is 23.2 Å². The fourth-order valence-corrected chi connectivity index (χ4v) is 8.19. The van der Waals surface area contributed by atoms with E-state index in [1.165, 1.54) is 45.6 Å². The minimum Gasteiger partial charge on any atom is -0.469 e. The summed E-state index contributed by atoms with van der Waals surface area (Å²) in [7, 11) is 1.47. The number of ketones is 1. The maximum atomic E-state index is 13.5. The molecule has 3 nitrogen and oxygen atoms in total. The molecule has 0 N–H and O–H groups in total. The summed E-state index contributed by atoms with van der Waals surface area (Å²) in [5.41, 5.74) is 0.0663. The fraction of sp³-hybridized carbons (Fsp3) is 0.913. The molecule has 0 saturated heterocycles. The molecule has 4 rings (SSSR count). The van der Waals surface area contributed by atoms with Crippen LogP contribution >= 0.6 is 0 Å². The van der Waals surface area contributed by atoms with Gasteiger partial charge in [-0.05, 0) is 73.5 Å². The first-order chi connectivity index (χ1) is 12.3. The topological polar surface area (TPSA) is 43.4 Å². The van der Waals surface area contributed by atoms with Crippen LogP contribution in [-0.2, 0) is 14.3 Å². The highest BCUT2D eigenvalue weighted by Crippen LogP contribution is 2.67. The molecule has 0 aliphatic heterocycles. The van der Waals surface area contributed by atoms with Gasteiger partial charge in [0.25, 0.3) is 0 Å². The van der Waals surface area contributed by atoms with E-state index in [0.717, 1.165) is 25.2 Å². The number of hydrogen-bond donors (Lipinski definition) is 0. The normalized spacial score (nSPS) is 48.9. The van der Waals surface area contributed by atoms with Gasteiger partial charge in [0.2, 0.25) is 0 Å². The fourth-order valence-electron chi connectivity index (χ4n) is 8.19. The van der Waals surface area contributed by atoms with Crippen molar-refractivity contribution in [2.45, 2.75) is 78.6 Å². The lowest BCUT2D eigenvalue weighted by molar-refractivity contribution is -0.161. The third-order valence-electron chi connectivity index (χ3n) is 9.69. The number of hydrogen-bond acceptors (Lipinski definition) is 3. The Hall–Kier alpha value is -0.860. The van der Waals surface area contributed by atoms with E-state index in [0.29, 0.717) is 29.0 Å². The van der Waals surface area contributed by atoms with Crippen LogP contribution in [0.15, 0.2) is 0 Å². The van der Waals surface area contributed by atoms with Crippen molar-refractivity contribution >= 4 is 11.8 Å². The predicted molar refractivity (Wildman–Crippen MR) is 101 cm³/mol. The summed E-state index contributed by atoms with van der Waals surface area (Å²) in [6, 6.07) is 0. The Balaban J connectivity index is 1.65. The van der Waals surface area contributed by atoms with Crippen LogP contribution < -0.4 is 0 Å². The molecule has 0 spiro atoms. The van der Waals surface area contributed by atoms with Crippen LogP contribution in [-0.4, -0.2) is 18.9 Å². The van der Waals surface area contributed by atoms with Gasteiger partial charge in [-0.2, -0.15) is 0 Å².